The monoisotopic (exact) mass is 479 g/mol. The van der Waals surface area contributed by atoms with Gasteiger partial charge in [0.2, 0.25) is 11.8 Å². The Morgan fingerprint density at radius 3 is 2.55 bits per heavy atom. The summed E-state index contributed by atoms with van der Waals surface area (Å²) < 4.78 is 50.5. The molecule has 0 bridgehead atoms. The van der Waals surface area contributed by atoms with Crippen molar-refractivity contribution in [3.8, 4) is 11.5 Å². The average Bonchev–Trinajstić information content (AvgIpc) is 3.27. The van der Waals surface area contributed by atoms with Crippen LogP contribution < -0.4 is 16.0 Å². The smallest absolute Gasteiger partial charge is 0.411 e. The summed E-state index contributed by atoms with van der Waals surface area (Å²) in [6, 6.07) is 10.2. The number of ether oxygens (including phenoxy) is 1. The zero-order chi connectivity index (χ0) is 23.4. The zero-order valence-electron chi connectivity index (χ0n) is 17.3. The fraction of sp³-hybridized carbons (Fsp3) is 0.286. The lowest BCUT2D eigenvalue weighted by molar-refractivity contribution is -0.137. The number of halogens is 3. The van der Waals surface area contributed by atoms with Crippen LogP contribution in [0.5, 0.6) is 0 Å². The van der Waals surface area contributed by atoms with Gasteiger partial charge in [-0.05, 0) is 42.5 Å². The van der Waals surface area contributed by atoms with E-state index in [9.17, 15) is 18.0 Å². The number of hydrogen-bond acceptors (Lipinski definition) is 8. The molecule has 33 heavy (non-hydrogen) atoms. The molecule has 0 saturated carbocycles. The van der Waals surface area contributed by atoms with Crippen LogP contribution in [0.4, 0.5) is 30.2 Å². The first-order valence-corrected chi connectivity index (χ1v) is 10.9. The standard InChI is InChI=1S/C21H20F3N5O3S/c22-21(23,24)14-3-6-17(29-7-9-31-10-8-29)16(11-14)26-18(30)12-33-20-28-27-19(32-20)13-1-4-15(25)5-2-13/h1-6,11H,7-10,12,25H2,(H,26,30). The van der Waals surface area contributed by atoms with Gasteiger partial charge in [0.1, 0.15) is 0 Å². The number of rotatable bonds is 6. The van der Waals surface area contributed by atoms with Gasteiger partial charge in [0.05, 0.1) is 35.9 Å². The molecule has 1 aromatic heterocycles. The van der Waals surface area contributed by atoms with Gasteiger partial charge < -0.3 is 25.1 Å². The highest BCUT2D eigenvalue weighted by Gasteiger charge is 2.32. The maximum absolute atomic E-state index is 13.2. The first kappa shape index (κ1) is 22.9. The van der Waals surface area contributed by atoms with Crippen molar-refractivity contribution in [3.63, 3.8) is 0 Å². The molecule has 0 unspecified atom stereocenters. The predicted molar refractivity (Wildman–Crippen MR) is 118 cm³/mol. The zero-order valence-corrected chi connectivity index (χ0v) is 18.1. The fourth-order valence-corrected chi connectivity index (χ4v) is 3.78. The number of morpholine rings is 1. The Labute approximate surface area is 191 Å². The number of amides is 1. The van der Waals surface area contributed by atoms with Crippen molar-refractivity contribution in [2.24, 2.45) is 0 Å². The van der Waals surface area contributed by atoms with Crippen LogP contribution in [0.1, 0.15) is 5.56 Å². The second-order valence-electron chi connectivity index (χ2n) is 7.16. The van der Waals surface area contributed by atoms with E-state index in [1.807, 2.05) is 4.90 Å². The third-order valence-electron chi connectivity index (χ3n) is 4.84. The third kappa shape index (κ3) is 5.76. The molecule has 3 N–H and O–H groups in total. The molecule has 0 aliphatic carbocycles. The van der Waals surface area contributed by atoms with Gasteiger partial charge in [-0.3, -0.25) is 4.79 Å². The largest absolute Gasteiger partial charge is 0.416 e. The summed E-state index contributed by atoms with van der Waals surface area (Å²) in [7, 11) is 0. The Morgan fingerprint density at radius 1 is 1.12 bits per heavy atom. The van der Waals surface area contributed by atoms with E-state index < -0.39 is 17.6 Å². The molecule has 1 aliphatic heterocycles. The Hall–Kier alpha value is -3.25. The maximum atomic E-state index is 13.2. The average molecular weight is 479 g/mol. The summed E-state index contributed by atoms with van der Waals surface area (Å²) in [6.07, 6.45) is -4.53. The number of anilines is 3. The minimum absolute atomic E-state index is 0.0883. The van der Waals surface area contributed by atoms with Crippen molar-refractivity contribution in [2.75, 3.05) is 48.0 Å². The maximum Gasteiger partial charge on any atom is 0.416 e. The van der Waals surface area contributed by atoms with Crippen molar-refractivity contribution in [2.45, 2.75) is 11.4 Å². The molecule has 12 heteroatoms. The number of nitrogens with two attached hydrogens (primary N) is 1. The number of carbonyl (C=O) groups is 1. The molecule has 1 amide bonds. The van der Waals surface area contributed by atoms with Crippen LogP contribution in [0.15, 0.2) is 52.1 Å². The number of alkyl halides is 3. The summed E-state index contributed by atoms with van der Waals surface area (Å²) in [5, 5.41) is 10.6. The normalized spacial score (nSPS) is 14.3. The Balaban J connectivity index is 1.44. The highest BCUT2D eigenvalue weighted by atomic mass is 32.2. The lowest BCUT2D eigenvalue weighted by Gasteiger charge is -2.31. The number of thioether (sulfide) groups is 1. The summed E-state index contributed by atoms with van der Waals surface area (Å²) in [5.41, 5.74) is 6.68. The van der Waals surface area contributed by atoms with Crippen LogP contribution in [0.3, 0.4) is 0 Å². The van der Waals surface area contributed by atoms with Crippen LogP contribution in [-0.4, -0.2) is 48.2 Å². The summed E-state index contributed by atoms with van der Waals surface area (Å²) in [5.74, 6) is -0.353. The molecule has 0 atom stereocenters. The number of nitrogen functional groups attached to an aromatic ring is 1. The molecule has 2 heterocycles. The number of hydrogen-bond donors (Lipinski definition) is 2. The summed E-state index contributed by atoms with van der Waals surface area (Å²) >= 11 is 0.985. The van der Waals surface area contributed by atoms with Crippen molar-refractivity contribution in [1.82, 2.24) is 10.2 Å². The molecule has 0 spiro atoms. The number of nitrogens with one attached hydrogen (secondary N) is 1. The summed E-state index contributed by atoms with van der Waals surface area (Å²) in [4.78, 5) is 14.4. The van der Waals surface area contributed by atoms with Crippen molar-refractivity contribution < 1.29 is 27.1 Å². The molecule has 3 aromatic rings. The van der Waals surface area contributed by atoms with Gasteiger partial charge in [0.25, 0.3) is 5.22 Å². The lowest BCUT2D eigenvalue weighted by atomic mass is 10.1. The molecule has 2 aromatic carbocycles. The van der Waals surface area contributed by atoms with E-state index in [1.54, 1.807) is 24.3 Å². The van der Waals surface area contributed by atoms with E-state index in [-0.39, 0.29) is 22.6 Å². The topological polar surface area (TPSA) is 107 Å². The lowest BCUT2D eigenvalue weighted by Crippen LogP contribution is -2.37. The molecule has 1 fully saturated rings. The van der Waals surface area contributed by atoms with Gasteiger partial charge in [-0.25, -0.2) is 0 Å². The van der Waals surface area contributed by atoms with Gasteiger partial charge in [0.15, 0.2) is 0 Å². The van der Waals surface area contributed by atoms with E-state index in [1.165, 1.54) is 6.07 Å². The van der Waals surface area contributed by atoms with Gasteiger partial charge in [-0.2, -0.15) is 13.2 Å². The number of nitrogens with zero attached hydrogens (tertiary/aromatic N) is 3. The molecule has 0 radical (unpaired) electrons. The van der Waals surface area contributed by atoms with Gasteiger partial charge in [0, 0.05) is 24.3 Å². The van der Waals surface area contributed by atoms with Gasteiger partial charge >= 0.3 is 6.18 Å². The highest BCUT2D eigenvalue weighted by Crippen LogP contribution is 2.36. The quantitative estimate of drug-likeness (QED) is 0.405. The van der Waals surface area contributed by atoms with Crippen molar-refractivity contribution in [3.05, 3.63) is 48.0 Å². The van der Waals surface area contributed by atoms with E-state index in [4.69, 9.17) is 14.9 Å². The van der Waals surface area contributed by atoms with Gasteiger partial charge in [-0.15, -0.1) is 10.2 Å². The highest BCUT2D eigenvalue weighted by molar-refractivity contribution is 7.99. The van der Waals surface area contributed by atoms with Crippen LogP contribution in [0.25, 0.3) is 11.5 Å². The third-order valence-corrected chi connectivity index (χ3v) is 5.66. The van der Waals surface area contributed by atoms with Crippen LogP contribution in [0.2, 0.25) is 0 Å². The van der Waals surface area contributed by atoms with E-state index in [0.29, 0.717) is 43.2 Å². The molecule has 1 saturated heterocycles. The van der Waals surface area contributed by atoms with E-state index in [0.717, 1.165) is 23.9 Å². The Morgan fingerprint density at radius 2 is 1.85 bits per heavy atom. The Kier molecular flexibility index (Phi) is 6.75. The second kappa shape index (κ2) is 9.71. The minimum atomic E-state index is -4.53. The van der Waals surface area contributed by atoms with E-state index in [2.05, 4.69) is 15.5 Å². The molecule has 4 rings (SSSR count). The molecule has 174 valence electrons. The molecule has 8 nitrogen and oxygen atoms in total. The van der Waals surface area contributed by atoms with Crippen LogP contribution in [-0.2, 0) is 15.7 Å². The molecule has 1 aliphatic rings. The van der Waals surface area contributed by atoms with Gasteiger partial charge in [-0.1, -0.05) is 11.8 Å². The number of carbonyl (C=O) groups excluding carboxylic acids is 1. The summed E-state index contributed by atoms with van der Waals surface area (Å²) in [6.45, 7) is 1.94. The van der Waals surface area contributed by atoms with Crippen molar-refractivity contribution in [1.29, 1.82) is 0 Å². The van der Waals surface area contributed by atoms with Crippen molar-refractivity contribution >= 4 is 34.7 Å². The first-order valence-electron chi connectivity index (χ1n) is 9.95. The predicted octanol–water partition coefficient (Wildman–Crippen LogP) is 3.91. The Bertz CT molecular complexity index is 1120. The van der Waals surface area contributed by atoms with Crippen LogP contribution >= 0.6 is 11.8 Å². The number of aromatic nitrogens is 2. The van der Waals surface area contributed by atoms with Crippen LogP contribution in [0, 0.1) is 0 Å². The first-order chi connectivity index (χ1) is 15.8. The molecular weight excluding hydrogens is 459 g/mol. The van der Waals surface area contributed by atoms with E-state index >= 15 is 0 Å². The fourth-order valence-electron chi connectivity index (χ4n) is 3.22. The SMILES string of the molecule is Nc1ccc(-c2nnc(SCC(=O)Nc3cc(C(F)(F)F)ccc3N3CCOCC3)o2)cc1. The second-order valence-corrected chi connectivity index (χ2v) is 8.09. The molecular formula is C21H20F3N5O3S. The minimum Gasteiger partial charge on any atom is -0.411 e. The number of benzene rings is 2.